The molecule has 0 saturated heterocycles. The highest BCUT2D eigenvalue weighted by atomic mass is 16.3. The number of carbonyl (C=O) groups is 3. The highest BCUT2D eigenvalue weighted by Crippen LogP contribution is 2.52. The summed E-state index contributed by atoms with van der Waals surface area (Å²) in [6.45, 7) is 0. The lowest BCUT2D eigenvalue weighted by atomic mass is 9.57. The maximum atomic E-state index is 13.5. The van der Waals surface area contributed by atoms with E-state index in [1.54, 1.807) is 26.2 Å². The van der Waals surface area contributed by atoms with E-state index in [2.05, 4.69) is 0 Å². The van der Waals surface area contributed by atoms with Crippen LogP contribution >= 0.6 is 0 Å². The maximum absolute atomic E-state index is 13.5. The van der Waals surface area contributed by atoms with Crippen LogP contribution in [0.4, 0.5) is 0 Å². The summed E-state index contributed by atoms with van der Waals surface area (Å²) in [5, 5.41) is 43.1. The molecule has 0 heterocycles. The number of nitrogens with two attached hydrogens (primary N) is 1. The molecule has 9 nitrogen and oxygen atoms in total. The van der Waals surface area contributed by atoms with Crippen LogP contribution in [0.1, 0.15) is 17.5 Å². The topological polar surface area (TPSA) is 161 Å². The Morgan fingerprint density at radius 3 is 2.47 bits per heavy atom. The third-order valence-corrected chi connectivity index (χ3v) is 6.46. The second-order valence-electron chi connectivity index (χ2n) is 8.27. The molecule has 0 radical (unpaired) electrons. The van der Waals surface area contributed by atoms with Crippen LogP contribution in [-0.4, -0.2) is 68.5 Å². The average molecular weight is 414 g/mol. The zero-order chi connectivity index (χ0) is 22.1. The van der Waals surface area contributed by atoms with Crippen molar-refractivity contribution in [2.45, 2.75) is 24.5 Å². The number of benzene rings is 1. The van der Waals surface area contributed by atoms with Crippen LogP contribution in [-0.2, 0) is 20.8 Å². The minimum Gasteiger partial charge on any atom is -0.508 e. The van der Waals surface area contributed by atoms with E-state index >= 15 is 0 Å². The van der Waals surface area contributed by atoms with E-state index in [4.69, 9.17) is 5.73 Å². The number of likely N-dealkylation sites (N-methyl/N-ethyl adjacent to an activating group) is 1. The van der Waals surface area contributed by atoms with Crippen molar-refractivity contribution in [2.24, 2.45) is 17.6 Å². The molecule has 0 unspecified atom stereocenters. The Morgan fingerprint density at radius 2 is 1.87 bits per heavy atom. The van der Waals surface area contributed by atoms with Crippen molar-refractivity contribution in [1.29, 1.82) is 0 Å². The summed E-state index contributed by atoms with van der Waals surface area (Å²) in [5.74, 6) is -6.43. The van der Waals surface area contributed by atoms with Gasteiger partial charge in [0.25, 0.3) is 5.91 Å². The van der Waals surface area contributed by atoms with E-state index in [9.17, 15) is 34.8 Å². The molecule has 0 aliphatic heterocycles. The second-order valence-corrected chi connectivity index (χ2v) is 8.27. The van der Waals surface area contributed by atoms with Crippen molar-refractivity contribution in [3.8, 4) is 5.75 Å². The molecule has 30 heavy (non-hydrogen) atoms. The average Bonchev–Trinajstić information content (AvgIpc) is 2.64. The summed E-state index contributed by atoms with van der Waals surface area (Å²) in [6.07, 6.45) is 0.379. The molecule has 9 heteroatoms. The molecule has 1 amide bonds. The third-order valence-electron chi connectivity index (χ3n) is 6.46. The van der Waals surface area contributed by atoms with Gasteiger partial charge in [-0.25, -0.2) is 0 Å². The lowest BCUT2D eigenvalue weighted by Crippen LogP contribution is -2.65. The Kier molecular flexibility index (Phi) is 4.30. The molecule has 4 atom stereocenters. The SMILES string of the molecule is CN(C)[C@H]1C(=O)C(C(N)=O)=C(O)[C@]2(O)C(=O)C3=C(O)c4c(O)cccc4C[C@@H]3C[C@@H]12. The van der Waals surface area contributed by atoms with Gasteiger partial charge in [0, 0.05) is 11.5 Å². The Labute approximate surface area is 171 Å². The molecule has 0 aromatic heterocycles. The molecule has 158 valence electrons. The number of hydrogen-bond acceptors (Lipinski definition) is 8. The quantitative estimate of drug-likeness (QED) is 0.421. The number of nitrogens with zero attached hydrogens (tertiary/aromatic N) is 1. The van der Waals surface area contributed by atoms with Crippen molar-refractivity contribution >= 4 is 23.2 Å². The molecule has 1 aromatic rings. The number of hydrogen-bond donors (Lipinski definition) is 5. The normalized spacial score (nSPS) is 30.9. The molecule has 3 aliphatic rings. The zero-order valence-corrected chi connectivity index (χ0v) is 16.4. The number of phenols is 1. The molecule has 1 aromatic carbocycles. The number of rotatable bonds is 2. The van der Waals surface area contributed by atoms with Crippen LogP contribution in [0.5, 0.6) is 5.75 Å². The van der Waals surface area contributed by atoms with Crippen molar-refractivity contribution in [3.05, 3.63) is 46.2 Å². The summed E-state index contributed by atoms with van der Waals surface area (Å²) < 4.78 is 0. The van der Waals surface area contributed by atoms with Gasteiger partial charge in [0.15, 0.2) is 11.4 Å². The monoisotopic (exact) mass is 414 g/mol. The number of primary amides is 1. The zero-order valence-electron chi connectivity index (χ0n) is 16.4. The minimum absolute atomic E-state index is 0.0847. The number of phenolic OH excluding ortho intramolecular Hbond substituents is 1. The summed E-state index contributed by atoms with van der Waals surface area (Å²) in [5.41, 5.74) is 2.41. The molecule has 4 rings (SSSR count). The molecular weight excluding hydrogens is 392 g/mol. The van der Waals surface area contributed by atoms with E-state index in [1.165, 1.54) is 11.0 Å². The van der Waals surface area contributed by atoms with Crippen LogP contribution in [0.25, 0.3) is 5.76 Å². The summed E-state index contributed by atoms with van der Waals surface area (Å²) in [7, 11) is 3.12. The molecule has 1 saturated carbocycles. The molecule has 3 aliphatic carbocycles. The predicted molar refractivity (Wildman–Crippen MR) is 104 cm³/mol. The maximum Gasteiger partial charge on any atom is 0.255 e. The first-order valence-electron chi connectivity index (χ1n) is 9.47. The molecular formula is C21H22N2O7. The summed E-state index contributed by atoms with van der Waals surface area (Å²) >= 11 is 0. The number of amides is 1. The van der Waals surface area contributed by atoms with E-state index < -0.39 is 58.0 Å². The standard InChI is InChI=1S/C21H22N2O7/c1-23(2)15-10-7-9-6-8-4-3-5-11(24)12(8)16(25)13(9)18(27)21(10,30)19(28)14(17(15)26)20(22)29/h3-5,9-10,15,24-25,28,30H,6-7H2,1-2H3,(H2,22,29)/t9-,10+,15-,21-/m1/s1. The molecule has 0 bridgehead atoms. The Hall–Kier alpha value is -3.17. The van der Waals surface area contributed by atoms with E-state index in [1.807, 2.05) is 0 Å². The predicted octanol–water partition coefficient (Wildman–Crippen LogP) is -0.0360. The summed E-state index contributed by atoms with van der Waals surface area (Å²) in [6, 6.07) is 3.62. The molecule has 6 N–H and O–H groups in total. The van der Waals surface area contributed by atoms with Gasteiger partial charge in [0.05, 0.1) is 11.6 Å². The smallest absolute Gasteiger partial charge is 0.255 e. The molecule has 0 spiro atoms. The van der Waals surface area contributed by atoms with Crippen LogP contribution < -0.4 is 5.73 Å². The fourth-order valence-corrected chi connectivity index (χ4v) is 5.18. The van der Waals surface area contributed by atoms with Crippen molar-refractivity contribution in [2.75, 3.05) is 14.1 Å². The number of aliphatic hydroxyl groups is 3. The van der Waals surface area contributed by atoms with Crippen LogP contribution in [0.2, 0.25) is 0 Å². The number of ketones is 2. The van der Waals surface area contributed by atoms with Crippen LogP contribution in [0.3, 0.4) is 0 Å². The van der Waals surface area contributed by atoms with Crippen molar-refractivity contribution < 1.29 is 34.8 Å². The summed E-state index contributed by atoms with van der Waals surface area (Å²) in [4.78, 5) is 39.7. The van der Waals surface area contributed by atoms with Gasteiger partial charge >= 0.3 is 0 Å². The van der Waals surface area contributed by atoms with Crippen LogP contribution in [0, 0.1) is 11.8 Å². The largest absolute Gasteiger partial charge is 0.508 e. The van der Waals surface area contributed by atoms with E-state index in [-0.39, 0.29) is 23.3 Å². The van der Waals surface area contributed by atoms with Gasteiger partial charge in [-0.3, -0.25) is 19.3 Å². The van der Waals surface area contributed by atoms with Gasteiger partial charge in [-0.05, 0) is 44.5 Å². The lowest BCUT2D eigenvalue weighted by molar-refractivity contribution is -0.153. The van der Waals surface area contributed by atoms with Gasteiger partial charge in [-0.15, -0.1) is 0 Å². The Bertz CT molecular complexity index is 1070. The first-order valence-corrected chi connectivity index (χ1v) is 9.47. The molecule has 1 fully saturated rings. The van der Waals surface area contributed by atoms with Gasteiger partial charge in [0.2, 0.25) is 5.78 Å². The van der Waals surface area contributed by atoms with Gasteiger partial charge < -0.3 is 26.2 Å². The number of aliphatic hydroxyl groups excluding tert-OH is 2. The van der Waals surface area contributed by atoms with Gasteiger partial charge in [-0.1, -0.05) is 12.1 Å². The third kappa shape index (κ3) is 2.39. The van der Waals surface area contributed by atoms with Crippen molar-refractivity contribution in [3.63, 3.8) is 0 Å². The highest BCUT2D eigenvalue weighted by Gasteiger charge is 2.64. The number of fused-ring (bicyclic) bond motifs is 3. The minimum atomic E-state index is -2.60. The first-order chi connectivity index (χ1) is 14.0. The van der Waals surface area contributed by atoms with Gasteiger partial charge in [0.1, 0.15) is 22.8 Å². The van der Waals surface area contributed by atoms with Crippen LogP contribution in [0.15, 0.2) is 35.1 Å². The number of aromatic hydroxyl groups is 1. The highest BCUT2D eigenvalue weighted by molar-refractivity contribution is 6.24. The lowest BCUT2D eigenvalue weighted by Gasteiger charge is -2.50. The fourth-order valence-electron chi connectivity index (χ4n) is 5.18. The second kappa shape index (κ2) is 6.41. The van der Waals surface area contributed by atoms with Crippen molar-refractivity contribution in [1.82, 2.24) is 4.90 Å². The number of Topliss-reactive ketones (excluding diaryl/α,β-unsaturated/α-hetero) is 2. The first kappa shape index (κ1) is 20.1. The van der Waals surface area contributed by atoms with Gasteiger partial charge in [-0.2, -0.15) is 0 Å². The number of carbonyl (C=O) groups excluding carboxylic acids is 3. The Balaban J connectivity index is 1.98. The van der Waals surface area contributed by atoms with E-state index in [0.717, 1.165) is 0 Å². The fraction of sp³-hybridized carbons (Fsp3) is 0.381. The Morgan fingerprint density at radius 1 is 1.20 bits per heavy atom. The van der Waals surface area contributed by atoms with E-state index in [0.29, 0.717) is 12.0 Å².